The molecule has 0 fully saturated rings. The highest BCUT2D eigenvalue weighted by atomic mass is 35.5. The lowest BCUT2D eigenvalue weighted by Gasteiger charge is -2.10. The van der Waals surface area contributed by atoms with Gasteiger partial charge in [0.1, 0.15) is 17.8 Å². The van der Waals surface area contributed by atoms with E-state index >= 15 is 0 Å². The van der Waals surface area contributed by atoms with Crippen LogP contribution in [-0.2, 0) is 13.5 Å². The monoisotopic (exact) mass is 381 g/mol. The second kappa shape index (κ2) is 7.20. The molecule has 4 rings (SSSR count). The fraction of sp³-hybridized carbons (Fsp3) is 0.158. The van der Waals surface area contributed by atoms with Crippen LogP contribution in [0.1, 0.15) is 16.2 Å². The first kappa shape index (κ1) is 17.2. The average molecular weight is 382 g/mol. The van der Waals surface area contributed by atoms with E-state index in [2.05, 4.69) is 20.4 Å². The lowest BCUT2D eigenvalue weighted by Crippen LogP contribution is -2.26. The summed E-state index contributed by atoms with van der Waals surface area (Å²) in [6.45, 7) is 0.436. The Morgan fingerprint density at radius 3 is 2.93 bits per heavy atom. The maximum Gasteiger partial charge on any atom is 0.252 e. The van der Waals surface area contributed by atoms with Crippen molar-refractivity contribution >= 4 is 28.4 Å². The molecule has 0 aliphatic heterocycles. The highest BCUT2D eigenvalue weighted by Gasteiger charge is 2.16. The molecule has 0 unspecified atom stereocenters. The molecule has 136 valence electrons. The molecule has 0 bridgehead atoms. The number of nitrogens with zero attached hydrogens (tertiary/aromatic N) is 4. The zero-order valence-corrected chi connectivity index (χ0v) is 15.3. The summed E-state index contributed by atoms with van der Waals surface area (Å²) in [5, 5.41) is 8.12. The minimum atomic E-state index is -0.209. The van der Waals surface area contributed by atoms with Crippen LogP contribution >= 0.6 is 11.6 Å². The molecule has 1 N–H and O–H groups in total. The van der Waals surface area contributed by atoms with Crippen LogP contribution < -0.4 is 5.32 Å². The van der Waals surface area contributed by atoms with Crippen LogP contribution in [0.25, 0.3) is 22.4 Å². The van der Waals surface area contributed by atoms with Crippen molar-refractivity contribution in [3.05, 3.63) is 65.4 Å². The van der Waals surface area contributed by atoms with Gasteiger partial charge in [-0.2, -0.15) is 5.10 Å². The van der Waals surface area contributed by atoms with Gasteiger partial charge in [0.2, 0.25) is 0 Å². The van der Waals surface area contributed by atoms with Crippen LogP contribution in [-0.4, -0.2) is 32.2 Å². The SMILES string of the molecule is Cn1ncnc1CCNC(=O)c1cc(-c2ccco2)nc2c(Cl)cccc12. The Morgan fingerprint density at radius 1 is 1.30 bits per heavy atom. The van der Waals surface area contributed by atoms with Crippen LogP contribution in [0.2, 0.25) is 5.02 Å². The van der Waals surface area contributed by atoms with Gasteiger partial charge in [0.15, 0.2) is 5.76 Å². The summed E-state index contributed by atoms with van der Waals surface area (Å²) in [6, 6.07) is 10.7. The number of fused-ring (bicyclic) bond motifs is 1. The second-order valence-electron chi connectivity index (χ2n) is 5.97. The van der Waals surface area contributed by atoms with Crippen LogP contribution in [0.15, 0.2) is 53.4 Å². The van der Waals surface area contributed by atoms with Crippen molar-refractivity contribution in [3.63, 3.8) is 0 Å². The maximum atomic E-state index is 12.8. The van der Waals surface area contributed by atoms with Crippen molar-refractivity contribution in [2.24, 2.45) is 7.05 Å². The van der Waals surface area contributed by atoms with E-state index in [4.69, 9.17) is 16.0 Å². The summed E-state index contributed by atoms with van der Waals surface area (Å²) in [4.78, 5) is 21.6. The highest BCUT2D eigenvalue weighted by molar-refractivity contribution is 6.35. The molecule has 0 radical (unpaired) electrons. The van der Waals surface area contributed by atoms with Gasteiger partial charge in [0.25, 0.3) is 5.91 Å². The number of hydrogen-bond acceptors (Lipinski definition) is 5. The number of halogens is 1. The summed E-state index contributed by atoms with van der Waals surface area (Å²) in [5.74, 6) is 1.17. The molecule has 0 saturated heterocycles. The number of rotatable bonds is 5. The average Bonchev–Trinajstić information content (AvgIpc) is 3.34. The van der Waals surface area contributed by atoms with E-state index in [1.165, 1.54) is 6.33 Å². The van der Waals surface area contributed by atoms with Gasteiger partial charge >= 0.3 is 0 Å². The first-order valence-electron chi connectivity index (χ1n) is 8.37. The van der Waals surface area contributed by atoms with Gasteiger partial charge in [-0.15, -0.1) is 0 Å². The van der Waals surface area contributed by atoms with Crippen LogP contribution in [0, 0.1) is 0 Å². The quantitative estimate of drug-likeness (QED) is 0.573. The van der Waals surface area contributed by atoms with E-state index in [1.54, 1.807) is 41.3 Å². The molecule has 3 heterocycles. The van der Waals surface area contributed by atoms with Crippen molar-refractivity contribution in [2.75, 3.05) is 6.54 Å². The number of aryl methyl sites for hydroxylation is 1. The number of carbonyl (C=O) groups excluding carboxylic acids is 1. The van der Waals surface area contributed by atoms with E-state index in [-0.39, 0.29) is 5.91 Å². The highest BCUT2D eigenvalue weighted by Crippen LogP contribution is 2.29. The number of benzene rings is 1. The predicted octanol–water partition coefficient (Wildman–Crippen LogP) is 3.25. The van der Waals surface area contributed by atoms with Crippen molar-refractivity contribution in [1.29, 1.82) is 0 Å². The van der Waals surface area contributed by atoms with Gasteiger partial charge in [0.05, 0.1) is 22.4 Å². The summed E-state index contributed by atoms with van der Waals surface area (Å²) in [7, 11) is 1.82. The third-order valence-electron chi connectivity index (χ3n) is 4.25. The topological polar surface area (TPSA) is 85.8 Å². The number of para-hydroxylation sites is 1. The van der Waals surface area contributed by atoms with Crippen LogP contribution in [0.5, 0.6) is 0 Å². The fourth-order valence-corrected chi connectivity index (χ4v) is 3.10. The number of pyridine rings is 1. The third kappa shape index (κ3) is 3.41. The first-order chi connectivity index (χ1) is 13.1. The fourth-order valence-electron chi connectivity index (χ4n) is 2.88. The van der Waals surface area contributed by atoms with Crippen LogP contribution in [0.3, 0.4) is 0 Å². The lowest BCUT2D eigenvalue weighted by molar-refractivity contribution is 0.0955. The molecule has 27 heavy (non-hydrogen) atoms. The molecule has 0 aliphatic carbocycles. The van der Waals surface area contributed by atoms with Crippen molar-refractivity contribution < 1.29 is 9.21 Å². The van der Waals surface area contributed by atoms with Crippen LogP contribution in [0.4, 0.5) is 0 Å². The molecule has 1 aromatic carbocycles. The van der Waals surface area contributed by atoms with E-state index in [1.807, 2.05) is 13.1 Å². The molecule has 3 aromatic heterocycles. The Kier molecular flexibility index (Phi) is 4.60. The largest absolute Gasteiger partial charge is 0.463 e. The Labute approximate surface area is 160 Å². The molecule has 7 nitrogen and oxygen atoms in total. The number of amides is 1. The van der Waals surface area contributed by atoms with Gasteiger partial charge in [0, 0.05) is 25.4 Å². The summed E-state index contributed by atoms with van der Waals surface area (Å²) < 4.78 is 7.11. The number of nitrogens with one attached hydrogen (secondary N) is 1. The zero-order chi connectivity index (χ0) is 18.8. The predicted molar refractivity (Wildman–Crippen MR) is 101 cm³/mol. The molecule has 1 amide bonds. The molecular weight excluding hydrogens is 366 g/mol. The molecule has 4 aromatic rings. The number of carbonyl (C=O) groups is 1. The number of aromatic nitrogens is 4. The number of hydrogen-bond donors (Lipinski definition) is 1. The van der Waals surface area contributed by atoms with Gasteiger partial charge in [-0.05, 0) is 24.3 Å². The van der Waals surface area contributed by atoms with Gasteiger partial charge in [-0.25, -0.2) is 9.97 Å². The molecule has 8 heteroatoms. The Hall–Kier alpha value is -3.19. The van der Waals surface area contributed by atoms with Gasteiger partial charge < -0.3 is 9.73 Å². The standard InChI is InChI=1S/C19H16ClN5O2/c1-25-17(22-11-23-25)7-8-21-19(26)13-10-15(16-6-3-9-27-16)24-18-12(13)4-2-5-14(18)20/h2-6,9-11H,7-8H2,1H3,(H,21,26). The smallest absolute Gasteiger partial charge is 0.252 e. The van der Waals surface area contributed by atoms with E-state index in [0.29, 0.717) is 45.9 Å². The normalized spacial score (nSPS) is 11.0. The lowest BCUT2D eigenvalue weighted by atomic mass is 10.1. The number of furan rings is 1. The van der Waals surface area contributed by atoms with Crippen molar-refractivity contribution in [1.82, 2.24) is 25.1 Å². The van der Waals surface area contributed by atoms with Gasteiger partial charge in [-0.3, -0.25) is 9.48 Å². The molecule has 0 saturated carbocycles. The molecular formula is C19H16ClN5O2. The second-order valence-corrected chi connectivity index (χ2v) is 6.38. The summed E-state index contributed by atoms with van der Waals surface area (Å²) in [5.41, 5.74) is 1.61. The third-order valence-corrected chi connectivity index (χ3v) is 4.55. The minimum absolute atomic E-state index is 0.209. The Morgan fingerprint density at radius 2 is 2.19 bits per heavy atom. The zero-order valence-electron chi connectivity index (χ0n) is 14.5. The van der Waals surface area contributed by atoms with E-state index in [9.17, 15) is 4.79 Å². The minimum Gasteiger partial charge on any atom is -0.463 e. The molecule has 0 aliphatic rings. The molecule has 0 atom stereocenters. The Bertz CT molecular complexity index is 1100. The molecule has 0 spiro atoms. The van der Waals surface area contributed by atoms with E-state index in [0.717, 1.165) is 5.82 Å². The first-order valence-corrected chi connectivity index (χ1v) is 8.75. The maximum absolute atomic E-state index is 12.8. The summed E-state index contributed by atoms with van der Waals surface area (Å²) >= 11 is 6.31. The summed E-state index contributed by atoms with van der Waals surface area (Å²) in [6.07, 6.45) is 3.64. The van der Waals surface area contributed by atoms with Gasteiger partial charge in [-0.1, -0.05) is 23.7 Å². The van der Waals surface area contributed by atoms with Crippen molar-refractivity contribution in [2.45, 2.75) is 6.42 Å². The van der Waals surface area contributed by atoms with E-state index < -0.39 is 0 Å². The van der Waals surface area contributed by atoms with Crippen molar-refractivity contribution in [3.8, 4) is 11.5 Å². The Balaban J connectivity index is 1.66.